The molecule has 0 bridgehead atoms. The molecule has 0 aromatic heterocycles. The maximum absolute atomic E-state index is 12.9. The lowest BCUT2D eigenvalue weighted by atomic mass is 10.00. The van der Waals surface area contributed by atoms with Gasteiger partial charge in [0.15, 0.2) is 0 Å². The van der Waals surface area contributed by atoms with Gasteiger partial charge in [0.1, 0.15) is 12.3 Å². The Morgan fingerprint density at radius 3 is 2.70 bits per heavy atom. The number of carbonyl (C=O) groups is 3. The maximum Gasteiger partial charge on any atom is 0.294 e. The quantitative estimate of drug-likeness (QED) is 0.531. The fraction of sp³-hybridized carbons (Fsp3) is 0.320. The molecule has 2 heterocycles. The Hall–Kier alpha value is -2.77. The van der Waals surface area contributed by atoms with Gasteiger partial charge in [0, 0.05) is 13.1 Å². The van der Waals surface area contributed by atoms with Gasteiger partial charge in [-0.05, 0) is 66.4 Å². The predicted molar refractivity (Wildman–Crippen MR) is 130 cm³/mol. The topological polar surface area (TPSA) is 66.9 Å². The number of thioether (sulfide) groups is 1. The molecule has 172 valence electrons. The molecule has 33 heavy (non-hydrogen) atoms. The number of fused-ring (bicyclic) bond motifs is 1. The molecular formula is C25H25ClN2O4S. The molecule has 1 atom stereocenters. The third kappa shape index (κ3) is 5.25. The van der Waals surface area contributed by atoms with Crippen LogP contribution in [0.2, 0.25) is 5.02 Å². The first kappa shape index (κ1) is 23.4. The monoisotopic (exact) mass is 484 g/mol. The van der Waals surface area contributed by atoms with Crippen molar-refractivity contribution in [2.45, 2.75) is 39.3 Å². The number of ether oxygens (including phenoxy) is 1. The second-order valence-corrected chi connectivity index (χ2v) is 9.53. The predicted octanol–water partition coefficient (Wildman–Crippen LogP) is 5.14. The van der Waals surface area contributed by atoms with E-state index in [4.69, 9.17) is 16.3 Å². The third-order valence-corrected chi connectivity index (χ3v) is 7.01. The molecule has 1 fully saturated rings. The zero-order valence-electron chi connectivity index (χ0n) is 18.5. The Labute approximate surface area is 202 Å². The molecule has 2 aliphatic rings. The van der Waals surface area contributed by atoms with Crippen molar-refractivity contribution in [3.63, 3.8) is 0 Å². The molecule has 0 N–H and O–H groups in total. The number of hydrogen-bond acceptors (Lipinski definition) is 5. The van der Waals surface area contributed by atoms with Crippen molar-refractivity contribution in [1.82, 2.24) is 9.80 Å². The van der Waals surface area contributed by atoms with E-state index in [1.54, 1.807) is 29.2 Å². The highest BCUT2D eigenvalue weighted by Crippen LogP contribution is 2.34. The summed E-state index contributed by atoms with van der Waals surface area (Å²) < 4.78 is 5.77. The van der Waals surface area contributed by atoms with Crippen molar-refractivity contribution >= 4 is 46.5 Å². The van der Waals surface area contributed by atoms with Crippen LogP contribution in [0.5, 0.6) is 5.75 Å². The highest BCUT2D eigenvalue weighted by molar-refractivity contribution is 8.18. The van der Waals surface area contributed by atoms with Gasteiger partial charge in [0.2, 0.25) is 5.91 Å². The summed E-state index contributed by atoms with van der Waals surface area (Å²) in [6.45, 7) is 4.80. The van der Waals surface area contributed by atoms with Crippen LogP contribution < -0.4 is 4.74 Å². The van der Waals surface area contributed by atoms with Crippen molar-refractivity contribution < 1.29 is 19.1 Å². The lowest BCUT2D eigenvalue weighted by molar-refractivity contribution is -0.136. The first-order chi connectivity index (χ1) is 15.9. The van der Waals surface area contributed by atoms with Crippen molar-refractivity contribution in [2.75, 3.05) is 13.1 Å². The van der Waals surface area contributed by atoms with E-state index in [0.29, 0.717) is 29.4 Å². The average molecular weight is 485 g/mol. The lowest BCUT2D eigenvalue weighted by Crippen LogP contribution is -2.44. The number of benzene rings is 2. The van der Waals surface area contributed by atoms with Crippen molar-refractivity contribution in [1.29, 1.82) is 0 Å². The smallest absolute Gasteiger partial charge is 0.294 e. The van der Waals surface area contributed by atoms with Crippen LogP contribution in [0.15, 0.2) is 47.4 Å². The van der Waals surface area contributed by atoms with Gasteiger partial charge in [0.25, 0.3) is 11.1 Å². The molecule has 0 saturated carbocycles. The van der Waals surface area contributed by atoms with Gasteiger partial charge < -0.3 is 9.64 Å². The Kier molecular flexibility index (Phi) is 7.10. The van der Waals surface area contributed by atoms with Crippen LogP contribution in [0.25, 0.3) is 6.08 Å². The summed E-state index contributed by atoms with van der Waals surface area (Å²) in [6, 6.07) is 13.2. The second kappa shape index (κ2) is 10.0. The van der Waals surface area contributed by atoms with Crippen molar-refractivity contribution in [3.8, 4) is 5.75 Å². The Morgan fingerprint density at radius 1 is 1.21 bits per heavy atom. The third-order valence-electron chi connectivity index (χ3n) is 5.81. The van der Waals surface area contributed by atoms with E-state index in [1.165, 1.54) is 5.56 Å². The number of amides is 3. The summed E-state index contributed by atoms with van der Waals surface area (Å²) in [5.41, 5.74) is 3.01. The van der Waals surface area contributed by atoms with Gasteiger partial charge in [-0.3, -0.25) is 19.3 Å². The summed E-state index contributed by atoms with van der Waals surface area (Å²) in [4.78, 5) is 41.2. The number of carbonyl (C=O) groups excluding carboxylic acids is 3. The molecule has 2 aromatic carbocycles. The fourth-order valence-corrected chi connectivity index (χ4v) is 4.81. The van der Waals surface area contributed by atoms with Crippen LogP contribution in [-0.2, 0) is 22.6 Å². The van der Waals surface area contributed by atoms with E-state index >= 15 is 0 Å². The number of nitrogens with zero attached hydrogens (tertiary/aromatic N) is 2. The molecule has 4 rings (SSSR count). The van der Waals surface area contributed by atoms with E-state index in [9.17, 15) is 14.4 Å². The zero-order valence-corrected chi connectivity index (χ0v) is 20.1. The number of hydrogen-bond donors (Lipinski definition) is 0. The minimum absolute atomic E-state index is 0.0378. The van der Waals surface area contributed by atoms with Crippen LogP contribution in [0, 0.1) is 0 Å². The first-order valence-corrected chi connectivity index (χ1v) is 12.1. The zero-order chi connectivity index (χ0) is 23.5. The molecule has 1 saturated heterocycles. The average Bonchev–Trinajstić information content (AvgIpc) is 3.07. The molecule has 0 aliphatic carbocycles. The van der Waals surface area contributed by atoms with Gasteiger partial charge in [-0.2, -0.15) is 0 Å². The minimum atomic E-state index is -0.466. The van der Waals surface area contributed by atoms with Crippen LogP contribution in [0.3, 0.4) is 0 Å². The van der Waals surface area contributed by atoms with Gasteiger partial charge in [-0.1, -0.05) is 48.9 Å². The summed E-state index contributed by atoms with van der Waals surface area (Å²) in [6.07, 6.45) is 3.27. The number of imide groups is 1. The molecule has 8 heteroatoms. The van der Waals surface area contributed by atoms with Crippen LogP contribution in [0.4, 0.5) is 4.79 Å². The second-order valence-electron chi connectivity index (χ2n) is 8.13. The van der Waals surface area contributed by atoms with Crippen LogP contribution in [0.1, 0.15) is 37.0 Å². The van der Waals surface area contributed by atoms with Crippen molar-refractivity contribution in [3.05, 3.63) is 69.1 Å². The SMILES string of the molecule is CC[C@H](C)Oc1ccc(/C=C2\SC(=O)N(CC(=O)N3CCc4ccccc4C3)C2=O)cc1Cl. The summed E-state index contributed by atoms with van der Waals surface area (Å²) in [5.74, 6) is -0.126. The van der Waals surface area contributed by atoms with Crippen LogP contribution >= 0.6 is 23.4 Å². The van der Waals surface area contributed by atoms with Crippen LogP contribution in [-0.4, -0.2) is 46.0 Å². The molecule has 0 spiro atoms. The molecule has 0 unspecified atom stereocenters. The summed E-state index contributed by atoms with van der Waals surface area (Å²) >= 11 is 7.16. The lowest BCUT2D eigenvalue weighted by Gasteiger charge is -2.29. The maximum atomic E-state index is 12.9. The highest BCUT2D eigenvalue weighted by atomic mass is 35.5. The number of rotatable bonds is 6. The summed E-state index contributed by atoms with van der Waals surface area (Å²) in [5, 5.41) is -0.0105. The molecule has 6 nitrogen and oxygen atoms in total. The normalized spacial score (nSPS) is 18.0. The highest BCUT2D eigenvalue weighted by Gasteiger charge is 2.37. The molecule has 2 aliphatic heterocycles. The minimum Gasteiger partial charge on any atom is -0.489 e. The molecule has 0 radical (unpaired) electrons. The van der Waals surface area contributed by atoms with Gasteiger partial charge in [0.05, 0.1) is 16.0 Å². The first-order valence-electron chi connectivity index (χ1n) is 10.9. The van der Waals surface area contributed by atoms with Gasteiger partial charge in [-0.25, -0.2) is 0 Å². The van der Waals surface area contributed by atoms with E-state index in [0.717, 1.165) is 35.1 Å². The standard InChI is InChI=1S/C25H25ClN2O4S/c1-3-16(2)32-21-9-8-17(12-20(21)26)13-22-24(30)28(25(31)33-22)15-23(29)27-11-10-18-6-4-5-7-19(18)14-27/h4-9,12-13,16H,3,10-11,14-15H2,1-2H3/b22-13-/t16-/m0/s1. The number of halogens is 1. The Bertz CT molecular complexity index is 1130. The Balaban J connectivity index is 1.43. The van der Waals surface area contributed by atoms with Gasteiger partial charge in [-0.15, -0.1) is 0 Å². The van der Waals surface area contributed by atoms with E-state index in [-0.39, 0.29) is 23.5 Å². The Morgan fingerprint density at radius 2 is 1.97 bits per heavy atom. The van der Waals surface area contributed by atoms with Gasteiger partial charge >= 0.3 is 0 Å². The van der Waals surface area contributed by atoms with E-state index in [1.807, 2.05) is 32.0 Å². The van der Waals surface area contributed by atoms with E-state index < -0.39 is 11.1 Å². The molecule has 2 aromatic rings. The summed E-state index contributed by atoms with van der Waals surface area (Å²) in [7, 11) is 0. The fourth-order valence-electron chi connectivity index (χ4n) is 3.73. The molecule has 3 amide bonds. The largest absolute Gasteiger partial charge is 0.489 e. The van der Waals surface area contributed by atoms with E-state index in [2.05, 4.69) is 6.07 Å². The van der Waals surface area contributed by atoms with Crippen molar-refractivity contribution in [2.24, 2.45) is 0 Å². The molecular weight excluding hydrogens is 460 g/mol.